The Hall–Kier alpha value is -1.26. The van der Waals surface area contributed by atoms with Crippen LogP contribution in [0.3, 0.4) is 0 Å². The summed E-state index contributed by atoms with van der Waals surface area (Å²) in [5, 5.41) is 13.1. The molecule has 0 amide bonds. The molecule has 0 aromatic heterocycles. The molecule has 112 valence electrons. The van der Waals surface area contributed by atoms with Crippen LogP contribution in [0.25, 0.3) is 0 Å². The van der Waals surface area contributed by atoms with Crippen LogP contribution in [0.15, 0.2) is 24.3 Å². The summed E-state index contributed by atoms with van der Waals surface area (Å²) in [5.41, 5.74) is -0.0385. The number of benzene rings is 1. The normalized spacial score (nSPS) is 24.0. The van der Waals surface area contributed by atoms with Crippen LogP contribution in [0.1, 0.15) is 27.2 Å². The van der Waals surface area contributed by atoms with Gasteiger partial charge in [0.2, 0.25) is 0 Å². The molecule has 0 radical (unpaired) electrons. The van der Waals surface area contributed by atoms with Gasteiger partial charge < -0.3 is 19.9 Å². The quantitative estimate of drug-likeness (QED) is 0.751. The van der Waals surface area contributed by atoms with Gasteiger partial charge in [0.05, 0.1) is 12.7 Å². The number of aliphatic hydroxyl groups is 1. The molecule has 0 bridgehead atoms. The minimum Gasteiger partial charge on any atom is -0.490 e. The average molecular weight is 279 g/mol. The molecule has 2 unspecified atom stereocenters. The molecule has 0 saturated heterocycles. The van der Waals surface area contributed by atoms with E-state index in [1.165, 1.54) is 0 Å². The Balaban J connectivity index is 1.74. The van der Waals surface area contributed by atoms with Crippen LogP contribution in [-0.4, -0.2) is 37.0 Å². The molecular weight excluding hydrogens is 254 g/mol. The highest BCUT2D eigenvalue weighted by atomic mass is 16.5. The SMILES string of the molecule is CCOc1ccccc1OCCNC1CC(O)C1(C)C. The lowest BCUT2D eigenvalue weighted by atomic mass is 9.64. The number of hydrogen-bond donors (Lipinski definition) is 2. The highest BCUT2D eigenvalue weighted by molar-refractivity contribution is 5.39. The second kappa shape index (κ2) is 6.46. The zero-order chi connectivity index (χ0) is 14.6. The Bertz CT molecular complexity index is 433. The zero-order valence-electron chi connectivity index (χ0n) is 12.6. The van der Waals surface area contributed by atoms with Gasteiger partial charge in [0.1, 0.15) is 6.61 Å². The number of aliphatic hydroxyl groups excluding tert-OH is 1. The molecule has 1 fully saturated rings. The van der Waals surface area contributed by atoms with E-state index in [4.69, 9.17) is 9.47 Å². The second-order valence-corrected chi connectivity index (χ2v) is 5.81. The molecule has 0 aliphatic heterocycles. The molecule has 2 rings (SSSR count). The van der Waals surface area contributed by atoms with Crippen molar-refractivity contribution in [3.05, 3.63) is 24.3 Å². The van der Waals surface area contributed by atoms with Crippen LogP contribution in [0.4, 0.5) is 0 Å². The van der Waals surface area contributed by atoms with Gasteiger partial charge in [0, 0.05) is 18.0 Å². The van der Waals surface area contributed by atoms with Gasteiger partial charge in [0.25, 0.3) is 0 Å². The third-order valence-electron chi connectivity index (χ3n) is 4.12. The first kappa shape index (κ1) is 15.1. The van der Waals surface area contributed by atoms with Gasteiger partial charge in [-0.3, -0.25) is 0 Å². The van der Waals surface area contributed by atoms with Gasteiger partial charge in [-0.05, 0) is 25.5 Å². The molecule has 2 N–H and O–H groups in total. The van der Waals surface area contributed by atoms with E-state index in [0.717, 1.165) is 24.5 Å². The molecule has 4 nitrogen and oxygen atoms in total. The van der Waals surface area contributed by atoms with E-state index in [0.29, 0.717) is 19.3 Å². The largest absolute Gasteiger partial charge is 0.490 e. The molecule has 0 spiro atoms. The maximum absolute atomic E-state index is 9.69. The van der Waals surface area contributed by atoms with Gasteiger partial charge in [-0.1, -0.05) is 26.0 Å². The number of para-hydroxylation sites is 2. The predicted octanol–water partition coefficient (Wildman–Crippen LogP) is 2.21. The fraction of sp³-hybridized carbons (Fsp3) is 0.625. The minimum absolute atomic E-state index is 0.0385. The first-order valence-corrected chi connectivity index (χ1v) is 7.31. The Morgan fingerprint density at radius 1 is 1.25 bits per heavy atom. The van der Waals surface area contributed by atoms with Crippen LogP contribution < -0.4 is 14.8 Å². The summed E-state index contributed by atoms with van der Waals surface area (Å²) < 4.78 is 11.3. The Morgan fingerprint density at radius 3 is 2.45 bits per heavy atom. The second-order valence-electron chi connectivity index (χ2n) is 5.81. The van der Waals surface area contributed by atoms with E-state index in [1.807, 2.05) is 31.2 Å². The standard InChI is InChI=1S/C16H25NO3/c1-4-19-12-7-5-6-8-13(12)20-10-9-17-14-11-15(18)16(14,2)3/h5-8,14-15,17-18H,4,9-11H2,1-3H3. The molecule has 20 heavy (non-hydrogen) atoms. The monoisotopic (exact) mass is 279 g/mol. The molecule has 1 aliphatic rings. The molecule has 1 aliphatic carbocycles. The van der Waals surface area contributed by atoms with Crippen molar-refractivity contribution in [3.8, 4) is 11.5 Å². The highest BCUT2D eigenvalue weighted by Crippen LogP contribution is 2.40. The molecule has 4 heteroatoms. The Labute approximate surface area is 121 Å². The van der Waals surface area contributed by atoms with E-state index in [2.05, 4.69) is 19.2 Å². The lowest BCUT2D eigenvalue weighted by Crippen LogP contribution is -2.60. The van der Waals surface area contributed by atoms with Crippen molar-refractivity contribution in [2.75, 3.05) is 19.8 Å². The summed E-state index contributed by atoms with van der Waals surface area (Å²) in [5.74, 6) is 1.57. The summed E-state index contributed by atoms with van der Waals surface area (Å²) >= 11 is 0. The Kier molecular flexibility index (Phi) is 4.89. The number of ether oxygens (including phenoxy) is 2. The maximum Gasteiger partial charge on any atom is 0.161 e. The van der Waals surface area contributed by atoms with Crippen molar-refractivity contribution in [3.63, 3.8) is 0 Å². The summed E-state index contributed by atoms with van der Waals surface area (Å²) in [6, 6.07) is 8.08. The lowest BCUT2D eigenvalue weighted by Gasteiger charge is -2.49. The van der Waals surface area contributed by atoms with Crippen molar-refractivity contribution < 1.29 is 14.6 Å². The average Bonchev–Trinajstić information content (AvgIpc) is 2.44. The van der Waals surface area contributed by atoms with Crippen molar-refractivity contribution in [2.45, 2.75) is 39.3 Å². The number of hydrogen-bond acceptors (Lipinski definition) is 4. The topological polar surface area (TPSA) is 50.7 Å². The van der Waals surface area contributed by atoms with Crippen molar-refractivity contribution in [2.24, 2.45) is 5.41 Å². The van der Waals surface area contributed by atoms with E-state index in [1.54, 1.807) is 0 Å². The smallest absolute Gasteiger partial charge is 0.161 e. The van der Waals surface area contributed by atoms with E-state index < -0.39 is 0 Å². The number of nitrogens with one attached hydrogen (secondary N) is 1. The van der Waals surface area contributed by atoms with Gasteiger partial charge >= 0.3 is 0 Å². The van der Waals surface area contributed by atoms with Gasteiger partial charge in [-0.15, -0.1) is 0 Å². The first-order chi connectivity index (χ1) is 9.55. The minimum atomic E-state index is -0.195. The fourth-order valence-corrected chi connectivity index (χ4v) is 2.49. The molecule has 1 aromatic carbocycles. The van der Waals surface area contributed by atoms with Crippen molar-refractivity contribution >= 4 is 0 Å². The van der Waals surface area contributed by atoms with Crippen molar-refractivity contribution in [1.29, 1.82) is 0 Å². The van der Waals surface area contributed by atoms with E-state index >= 15 is 0 Å². The molecule has 1 saturated carbocycles. The van der Waals surface area contributed by atoms with Gasteiger partial charge in [-0.25, -0.2) is 0 Å². The van der Waals surface area contributed by atoms with Crippen LogP contribution in [0.5, 0.6) is 11.5 Å². The lowest BCUT2D eigenvalue weighted by molar-refractivity contribution is -0.0728. The Morgan fingerprint density at radius 2 is 1.90 bits per heavy atom. The maximum atomic E-state index is 9.69. The third-order valence-corrected chi connectivity index (χ3v) is 4.12. The summed E-state index contributed by atoms with van der Waals surface area (Å²) in [6.45, 7) is 8.12. The first-order valence-electron chi connectivity index (χ1n) is 7.31. The van der Waals surface area contributed by atoms with E-state index in [-0.39, 0.29) is 11.5 Å². The molecule has 0 heterocycles. The van der Waals surface area contributed by atoms with Crippen molar-refractivity contribution in [1.82, 2.24) is 5.32 Å². The summed E-state index contributed by atoms with van der Waals surface area (Å²) in [7, 11) is 0. The molecule has 1 aromatic rings. The molecule has 2 atom stereocenters. The highest BCUT2D eigenvalue weighted by Gasteiger charge is 2.46. The van der Waals surface area contributed by atoms with Crippen LogP contribution >= 0.6 is 0 Å². The molecular formula is C16H25NO3. The summed E-state index contributed by atoms with van der Waals surface area (Å²) in [6.07, 6.45) is 0.627. The number of rotatable bonds is 7. The van der Waals surface area contributed by atoms with Gasteiger partial charge in [0.15, 0.2) is 11.5 Å². The third kappa shape index (κ3) is 3.25. The van der Waals surface area contributed by atoms with Gasteiger partial charge in [-0.2, -0.15) is 0 Å². The van der Waals surface area contributed by atoms with Crippen LogP contribution in [-0.2, 0) is 0 Å². The fourth-order valence-electron chi connectivity index (χ4n) is 2.49. The predicted molar refractivity (Wildman–Crippen MR) is 79.3 cm³/mol. The summed E-state index contributed by atoms with van der Waals surface area (Å²) in [4.78, 5) is 0. The van der Waals surface area contributed by atoms with Crippen LogP contribution in [0.2, 0.25) is 0 Å². The van der Waals surface area contributed by atoms with Crippen LogP contribution in [0, 0.1) is 5.41 Å². The zero-order valence-corrected chi connectivity index (χ0v) is 12.6. The van der Waals surface area contributed by atoms with E-state index in [9.17, 15) is 5.11 Å².